The van der Waals surface area contributed by atoms with Crippen LogP contribution < -0.4 is 14.8 Å². The molecule has 0 saturated carbocycles. The zero-order valence-electron chi connectivity index (χ0n) is 14.8. The first-order valence-electron chi connectivity index (χ1n) is 7.71. The molecule has 1 saturated heterocycles. The first-order valence-corrected chi connectivity index (χ1v) is 8.97. The highest BCUT2D eigenvalue weighted by molar-refractivity contribution is 8.15. The molecule has 1 fully saturated rings. The molecule has 1 aliphatic heterocycles. The number of nitrogens with zero attached hydrogens (tertiary/aromatic N) is 2. The fraction of sp³-hybridized carbons (Fsp3) is 0.312. The number of rotatable bonds is 8. The fourth-order valence-corrected chi connectivity index (χ4v) is 3.23. The van der Waals surface area contributed by atoms with Crippen molar-refractivity contribution in [3.63, 3.8) is 0 Å². The molecule has 12 heteroatoms. The van der Waals surface area contributed by atoms with Crippen LogP contribution in [0, 0.1) is 0 Å². The number of ether oxygens (including phenoxy) is 3. The maximum atomic E-state index is 11.6. The number of methoxy groups -OCH3 is 2. The molecule has 0 aromatic heterocycles. The van der Waals surface area contributed by atoms with Crippen molar-refractivity contribution in [2.75, 3.05) is 20.8 Å². The van der Waals surface area contributed by atoms with Gasteiger partial charge in [-0.15, -0.1) is 5.10 Å². The Bertz CT molecular complexity index is 844. The monoisotopic (exact) mass is 429 g/mol. The van der Waals surface area contributed by atoms with Crippen molar-refractivity contribution >= 4 is 52.6 Å². The molecule has 1 heterocycles. The van der Waals surface area contributed by atoms with Crippen molar-refractivity contribution in [3.05, 3.63) is 22.7 Å². The molecule has 2 rings (SSSR count). The summed E-state index contributed by atoms with van der Waals surface area (Å²) in [7, 11) is 2.64. The van der Waals surface area contributed by atoms with Crippen LogP contribution >= 0.6 is 23.4 Å². The van der Waals surface area contributed by atoms with Gasteiger partial charge in [0.2, 0.25) is 5.91 Å². The summed E-state index contributed by atoms with van der Waals surface area (Å²) in [6.45, 7) is -0.331. The van der Waals surface area contributed by atoms with Crippen molar-refractivity contribution in [2.24, 2.45) is 10.2 Å². The largest absolute Gasteiger partial charge is 0.493 e. The van der Waals surface area contributed by atoms with Gasteiger partial charge in [0.05, 0.1) is 31.9 Å². The van der Waals surface area contributed by atoms with Crippen LogP contribution in [0.1, 0.15) is 12.0 Å². The van der Waals surface area contributed by atoms with Crippen molar-refractivity contribution in [1.29, 1.82) is 0 Å². The number of amidine groups is 1. The fourth-order valence-electron chi connectivity index (χ4n) is 2.04. The van der Waals surface area contributed by atoms with Crippen molar-refractivity contribution in [1.82, 2.24) is 5.32 Å². The van der Waals surface area contributed by atoms with Gasteiger partial charge >= 0.3 is 11.9 Å². The van der Waals surface area contributed by atoms with Crippen molar-refractivity contribution in [3.8, 4) is 11.5 Å². The van der Waals surface area contributed by atoms with E-state index in [4.69, 9.17) is 26.2 Å². The summed E-state index contributed by atoms with van der Waals surface area (Å²) in [5.41, 5.74) is 0.521. The summed E-state index contributed by atoms with van der Waals surface area (Å²) in [5.74, 6) is -1.63. The molecule has 150 valence electrons. The smallest absolute Gasteiger partial charge is 0.343 e. The van der Waals surface area contributed by atoms with E-state index in [9.17, 15) is 14.4 Å². The van der Waals surface area contributed by atoms with E-state index in [0.717, 1.165) is 11.8 Å². The van der Waals surface area contributed by atoms with E-state index in [1.165, 1.54) is 26.5 Å². The van der Waals surface area contributed by atoms with E-state index in [1.807, 2.05) is 0 Å². The van der Waals surface area contributed by atoms with Gasteiger partial charge in [-0.1, -0.05) is 23.4 Å². The van der Waals surface area contributed by atoms with E-state index in [1.54, 1.807) is 6.07 Å². The highest BCUT2D eigenvalue weighted by Crippen LogP contribution is 2.36. The summed E-state index contributed by atoms with van der Waals surface area (Å²) in [5, 5.41) is 18.6. The van der Waals surface area contributed by atoms with Gasteiger partial charge in [0.1, 0.15) is 5.25 Å². The number of halogens is 1. The van der Waals surface area contributed by atoms with Gasteiger partial charge in [0.15, 0.2) is 23.3 Å². The number of carbonyl (C=O) groups excluding carboxylic acids is 2. The summed E-state index contributed by atoms with van der Waals surface area (Å²) >= 11 is 7.15. The maximum absolute atomic E-state index is 11.6. The normalized spacial score (nSPS) is 17.6. The average molecular weight is 430 g/mol. The van der Waals surface area contributed by atoms with Gasteiger partial charge in [-0.05, 0) is 12.1 Å². The Kier molecular flexibility index (Phi) is 7.64. The molecule has 10 nitrogen and oxygen atoms in total. The zero-order valence-corrected chi connectivity index (χ0v) is 16.4. The zero-order chi connectivity index (χ0) is 20.7. The number of esters is 1. The molecular weight excluding hydrogens is 414 g/mol. The highest BCUT2D eigenvalue weighted by atomic mass is 35.5. The van der Waals surface area contributed by atoms with Crippen LogP contribution in [0.4, 0.5) is 0 Å². The van der Waals surface area contributed by atoms with Crippen LogP contribution in [0.3, 0.4) is 0 Å². The number of aliphatic carboxylic acids is 1. The summed E-state index contributed by atoms with van der Waals surface area (Å²) < 4.78 is 15.0. The number of amides is 1. The van der Waals surface area contributed by atoms with Gasteiger partial charge < -0.3 is 24.6 Å². The number of nitrogens with one attached hydrogen (secondary N) is 1. The van der Waals surface area contributed by atoms with E-state index in [0.29, 0.717) is 5.56 Å². The standard InChI is InChI=1S/C16H16ClN3O7S/c1-25-10-4-8(3-9(17)14(10)27-7-13(23)26-2)6-18-20-16-19-15(24)11(28-16)5-12(21)22/h3-4,6,11H,5,7H2,1-2H3,(H,21,22)(H,19,20,24). The van der Waals surface area contributed by atoms with E-state index in [2.05, 4.69) is 20.3 Å². The molecule has 1 amide bonds. The van der Waals surface area contributed by atoms with Crippen molar-refractivity contribution < 1.29 is 33.7 Å². The van der Waals surface area contributed by atoms with Crippen LogP contribution in [0.5, 0.6) is 11.5 Å². The summed E-state index contributed by atoms with van der Waals surface area (Å²) in [6, 6.07) is 3.09. The molecule has 1 unspecified atom stereocenters. The number of hydrogen-bond donors (Lipinski definition) is 2. The third kappa shape index (κ3) is 5.86. The predicted octanol–water partition coefficient (Wildman–Crippen LogP) is 1.30. The average Bonchev–Trinajstić information content (AvgIpc) is 2.98. The lowest BCUT2D eigenvalue weighted by molar-refractivity contribution is -0.143. The third-order valence-electron chi connectivity index (χ3n) is 3.31. The minimum absolute atomic E-state index is 0.174. The molecule has 0 radical (unpaired) electrons. The number of benzene rings is 1. The molecule has 1 atom stereocenters. The number of carbonyl (C=O) groups is 3. The molecule has 0 spiro atoms. The topological polar surface area (TPSA) is 136 Å². The second kappa shape index (κ2) is 9.95. The molecule has 28 heavy (non-hydrogen) atoms. The van der Waals surface area contributed by atoms with Crippen LogP contribution in [-0.2, 0) is 19.1 Å². The maximum Gasteiger partial charge on any atom is 0.343 e. The van der Waals surface area contributed by atoms with Crippen LogP contribution in [0.2, 0.25) is 5.02 Å². The number of hydrogen-bond acceptors (Lipinski definition) is 9. The van der Waals surface area contributed by atoms with Crippen LogP contribution in [0.15, 0.2) is 22.3 Å². The lowest BCUT2D eigenvalue weighted by Crippen LogP contribution is -2.26. The Labute approximate surface area is 168 Å². The SMILES string of the molecule is COC(=O)COc1c(Cl)cc(C=NN=C2NC(=O)C(CC(=O)O)S2)cc1OC. The van der Waals surface area contributed by atoms with Crippen LogP contribution in [-0.4, -0.2) is 60.4 Å². The highest BCUT2D eigenvalue weighted by Gasteiger charge is 2.32. The second-order valence-corrected chi connectivity index (χ2v) is 6.84. The molecule has 2 N–H and O–H groups in total. The van der Waals surface area contributed by atoms with Gasteiger partial charge in [-0.25, -0.2) is 4.79 Å². The Balaban J connectivity index is 2.09. The molecule has 1 aliphatic rings. The predicted molar refractivity (Wildman–Crippen MR) is 102 cm³/mol. The Morgan fingerprint density at radius 2 is 2.14 bits per heavy atom. The van der Waals surface area contributed by atoms with E-state index < -0.39 is 23.1 Å². The molecule has 0 aliphatic carbocycles. The summed E-state index contributed by atoms with van der Waals surface area (Å²) in [6.07, 6.45) is 1.06. The molecule has 1 aromatic carbocycles. The first-order chi connectivity index (χ1) is 13.3. The lowest BCUT2D eigenvalue weighted by atomic mass is 10.2. The Morgan fingerprint density at radius 3 is 2.79 bits per heavy atom. The summed E-state index contributed by atoms with van der Waals surface area (Å²) in [4.78, 5) is 33.5. The van der Waals surface area contributed by atoms with Gasteiger partial charge in [-0.3, -0.25) is 9.59 Å². The van der Waals surface area contributed by atoms with Gasteiger partial charge in [-0.2, -0.15) is 5.10 Å². The number of carboxylic acids is 1. The minimum atomic E-state index is -1.08. The number of carboxylic acid groups (broad SMARTS) is 1. The van der Waals surface area contributed by atoms with E-state index >= 15 is 0 Å². The molecular formula is C16H16ClN3O7S. The lowest BCUT2D eigenvalue weighted by Gasteiger charge is -2.12. The minimum Gasteiger partial charge on any atom is -0.493 e. The van der Waals surface area contributed by atoms with Crippen molar-refractivity contribution in [2.45, 2.75) is 11.7 Å². The quantitative estimate of drug-likeness (QED) is 0.358. The third-order valence-corrected chi connectivity index (χ3v) is 4.66. The molecule has 0 bridgehead atoms. The Hall–Kier alpha value is -2.79. The van der Waals surface area contributed by atoms with E-state index in [-0.39, 0.29) is 34.7 Å². The van der Waals surface area contributed by atoms with Crippen LogP contribution in [0.25, 0.3) is 0 Å². The first kappa shape index (κ1) is 21.5. The number of thioether (sulfide) groups is 1. The van der Waals surface area contributed by atoms with Gasteiger partial charge in [0, 0.05) is 5.56 Å². The molecule has 1 aromatic rings. The Morgan fingerprint density at radius 1 is 1.39 bits per heavy atom. The second-order valence-electron chi connectivity index (χ2n) is 5.24. The van der Waals surface area contributed by atoms with Gasteiger partial charge in [0.25, 0.3) is 0 Å².